The van der Waals surface area contributed by atoms with Crippen molar-refractivity contribution < 1.29 is 8.42 Å². The molecule has 1 N–H and O–H groups in total. The number of aromatic nitrogens is 1. The highest BCUT2D eigenvalue weighted by Crippen LogP contribution is 2.28. The SMILES string of the molecule is CC(NS(=O)(=O)c1ccc(Cl)nc1)C1CCCC1. The molecule has 1 fully saturated rings. The Labute approximate surface area is 113 Å². The summed E-state index contributed by atoms with van der Waals surface area (Å²) in [6.45, 7) is 1.93. The molecule has 100 valence electrons. The van der Waals surface area contributed by atoms with Gasteiger partial charge in [-0.05, 0) is 37.8 Å². The van der Waals surface area contributed by atoms with Crippen molar-refractivity contribution in [2.45, 2.75) is 43.5 Å². The molecule has 1 unspecified atom stereocenters. The van der Waals surface area contributed by atoms with Gasteiger partial charge in [0.15, 0.2) is 0 Å². The molecule has 18 heavy (non-hydrogen) atoms. The van der Waals surface area contributed by atoms with Crippen LogP contribution in [0.1, 0.15) is 32.6 Å². The maximum Gasteiger partial charge on any atom is 0.242 e. The highest BCUT2D eigenvalue weighted by atomic mass is 35.5. The topological polar surface area (TPSA) is 59.1 Å². The molecule has 0 aromatic carbocycles. The largest absolute Gasteiger partial charge is 0.243 e. The number of nitrogens with zero attached hydrogens (tertiary/aromatic N) is 1. The molecule has 1 saturated carbocycles. The van der Waals surface area contributed by atoms with Crippen molar-refractivity contribution in [3.8, 4) is 0 Å². The van der Waals surface area contributed by atoms with Crippen LogP contribution in [-0.2, 0) is 10.0 Å². The second-order valence-corrected chi connectivity index (χ2v) is 6.87. The highest BCUT2D eigenvalue weighted by Gasteiger charge is 2.26. The van der Waals surface area contributed by atoms with E-state index in [1.807, 2.05) is 6.92 Å². The summed E-state index contributed by atoms with van der Waals surface area (Å²) in [6.07, 6.45) is 5.87. The van der Waals surface area contributed by atoms with E-state index < -0.39 is 10.0 Å². The lowest BCUT2D eigenvalue weighted by Gasteiger charge is -2.20. The van der Waals surface area contributed by atoms with Crippen LogP contribution in [0.5, 0.6) is 0 Å². The molecule has 1 atom stereocenters. The standard InChI is InChI=1S/C12H17ClN2O2S/c1-9(10-4-2-3-5-10)15-18(16,17)11-6-7-12(13)14-8-11/h6-10,15H,2-5H2,1H3. The maximum absolute atomic E-state index is 12.1. The average Bonchev–Trinajstić information content (AvgIpc) is 2.82. The zero-order valence-electron chi connectivity index (χ0n) is 10.3. The highest BCUT2D eigenvalue weighted by molar-refractivity contribution is 7.89. The first-order valence-electron chi connectivity index (χ1n) is 6.13. The number of halogens is 1. The van der Waals surface area contributed by atoms with Gasteiger partial charge in [-0.2, -0.15) is 0 Å². The van der Waals surface area contributed by atoms with Gasteiger partial charge < -0.3 is 0 Å². The van der Waals surface area contributed by atoms with E-state index in [9.17, 15) is 8.42 Å². The monoisotopic (exact) mass is 288 g/mol. The van der Waals surface area contributed by atoms with Crippen LogP contribution >= 0.6 is 11.6 Å². The first-order valence-corrected chi connectivity index (χ1v) is 7.99. The zero-order valence-corrected chi connectivity index (χ0v) is 11.8. The van der Waals surface area contributed by atoms with E-state index in [1.54, 1.807) is 0 Å². The first kappa shape index (κ1) is 13.8. The normalized spacial score (nSPS) is 19.0. The molecule has 0 bridgehead atoms. The number of nitrogens with one attached hydrogen (secondary N) is 1. The van der Waals surface area contributed by atoms with E-state index in [2.05, 4.69) is 9.71 Å². The van der Waals surface area contributed by atoms with Crippen LogP contribution in [0.25, 0.3) is 0 Å². The average molecular weight is 289 g/mol. The summed E-state index contributed by atoms with van der Waals surface area (Å²) in [5.74, 6) is 0.444. The van der Waals surface area contributed by atoms with Gasteiger partial charge in [0.1, 0.15) is 10.0 Å². The molecule has 6 heteroatoms. The van der Waals surface area contributed by atoms with E-state index >= 15 is 0 Å². The first-order chi connectivity index (χ1) is 8.49. The van der Waals surface area contributed by atoms with Crippen molar-refractivity contribution in [3.63, 3.8) is 0 Å². The molecule has 4 nitrogen and oxygen atoms in total. The molecular formula is C12H17ClN2O2S. The molecule has 0 amide bonds. The molecule has 1 aliphatic rings. The summed E-state index contributed by atoms with van der Waals surface area (Å²) < 4.78 is 27.0. The second-order valence-electron chi connectivity index (χ2n) is 4.77. The number of rotatable bonds is 4. The van der Waals surface area contributed by atoms with Crippen molar-refractivity contribution in [2.75, 3.05) is 0 Å². The summed E-state index contributed by atoms with van der Waals surface area (Å²) in [5.41, 5.74) is 0. The number of hydrogen-bond acceptors (Lipinski definition) is 3. The maximum atomic E-state index is 12.1. The number of sulfonamides is 1. The van der Waals surface area contributed by atoms with E-state index in [4.69, 9.17) is 11.6 Å². The van der Waals surface area contributed by atoms with Gasteiger partial charge in [-0.25, -0.2) is 18.1 Å². The van der Waals surface area contributed by atoms with Gasteiger partial charge in [0.25, 0.3) is 0 Å². The molecule has 0 aliphatic heterocycles. The Kier molecular flexibility index (Phi) is 4.25. The second kappa shape index (κ2) is 5.55. The summed E-state index contributed by atoms with van der Waals surface area (Å²) >= 11 is 5.64. The zero-order chi connectivity index (χ0) is 13.2. The number of pyridine rings is 1. The van der Waals surface area contributed by atoms with Gasteiger partial charge in [-0.15, -0.1) is 0 Å². The molecule has 1 heterocycles. The van der Waals surface area contributed by atoms with Crippen LogP contribution in [0, 0.1) is 5.92 Å². The minimum Gasteiger partial charge on any atom is -0.243 e. The van der Waals surface area contributed by atoms with Gasteiger partial charge in [0.2, 0.25) is 10.0 Å². The summed E-state index contributed by atoms with van der Waals surface area (Å²) in [6, 6.07) is 2.92. The van der Waals surface area contributed by atoms with E-state index in [1.165, 1.54) is 31.2 Å². The fourth-order valence-electron chi connectivity index (χ4n) is 2.39. The van der Waals surface area contributed by atoms with Gasteiger partial charge in [-0.1, -0.05) is 24.4 Å². The van der Waals surface area contributed by atoms with Crippen LogP contribution in [0.4, 0.5) is 0 Å². The Hall–Kier alpha value is -0.650. The Morgan fingerprint density at radius 1 is 1.39 bits per heavy atom. The molecule has 0 radical (unpaired) electrons. The van der Waals surface area contributed by atoms with E-state index in [0.29, 0.717) is 5.92 Å². The summed E-state index contributed by atoms with van der Waals surface area (Å²) in [7, 11) is -3.48. The van der Waals surface area contributed by atoms with Gasteiger partial charge in [0.05, 0.1) is 0 Å². The summed E-state index contributed by atoms with van der Waals surface area (Å²) in [5, 5.41) is 0.290. The number of hydrogen-bond donors (Lipinski definition) is 1. The molecule has 2 rings (SSSR count). The third-order valence-corrected chi connectivity index (χ3v) is 5.23. The predicted octanol–water partition coefficient (Wildman–Crippen LogP) is 2.59. The van der Waals surface area contributed by atoms with Crippen LogP contribution in [-0.4, -0.2) is 19.4 Å². The lowest BCUT2D eigenvalue weighted by molar-refractivity contribution is 0.424. The lowest BCUT2D eigenvalue weighted by atomic mass is 10.0. The fraction of sp³-hybridized carbons (Fsp3) is 0.583. The third-order valence-electron chi connectivity index (χ3n) is 3.46. The van der Waals surface area contributed by atoms with Crippen molar-refractivity contribution >= 4 is 21.6 Å². The third kappa shape index (κ3) is 3.22. The van der Waals surface area contributed by atoms with Crippen LogP contribution in [0.15, 0.2) is 23.2 Å². The van der Waals surface area contributed by atoms with E-state index in [0.717, 1.165) is 12.8 Å². The van der Waals surface area contributed by atoms with Gasteiger partial charge in [0, 0.05) is 12.2 Å². The quantitative estimate of drug-likeness (QED) is 0.867. The van der Waals surface area contributed by atoms with Gasteiger partial charge in [-0.3, -0.25) is 0 Å². The van der Waals surface area contributed by atoms with Crippen molar-refractivity contribution in [3.05, 3.63) is 23.5 Å². The van der Waals surface area contributed by atoms with Crippen molar-refractivity contribution in [1.82, 2.24) is 9.71 Å². The molecule has 0 spiro atoms. The van der Waals surface area contributed by atoms with E-state index in [-0.39, 0.29) is 16.1 Å². The summed E-state index contributed by atoms with van der Waals surface area (Å²) in [4.78, 5) is 3.96. The minimum absolute atomic E-state index is 0.0341. The lowest BCUT2D eigenvalue weighted by Crippen LogP contribution is -2.37. The van der Waals surface area contributed by atoms with Crippen LogP contribution in [0.2, 0.25) is 5.15 Å². The fourth-order valence-corrected chi connectivity index (χ4v) is 3.76. The smallest absolute Gasteiger partial charge is 0.242 e. The molecule has 1 aromatic heterocycles. The Morgan fingerprint density at radius 2 is 2.06 bits per heavy atom. The predicted molar refractivity (Wildman–Crippen MR) is 71.0 cm³/mol. The van der Waals surface area contributed by atoms with Gasteiger partial charge >= 0.3 is 0 Å². The van der Waals surface area contributed by atoms with Crippen LogP contribution in [0.3, 0.4) is 0 Å². The molecular weight excluding hydrogens is 272 g/mol. The van der Waals surface area contributed by atoms with Crippen molar-refractivity contribution in [2.24, 2.45) is 5.92 Å². The van der Waals surface area contributed by atoms with Crippen molar-refractivity contribution in [1.29, 1.82) is 0 Å². The molecule has 1 aliphatic carbocycles. The minimum atomic E-state index is -3.48. The molecule has 0 saturated heterocycles. The molecule has 1 aromatic rings. The Balaban J connectivity index is 2.09. The Morgan fingerprint density at radius 3 is 2.61 bits per heavy atom. The van der Waals surface area contributed by atoms with Crippen LogP contribution < -0.4 is 4.72 Å². The Bertz CT molecular complexity index is 495.